The molecule has 0 fully saturated rings. The first-order chi connectivity index (χ1) is 10.7. The second-order valence-electron chi connectivity index (χ2n) is 4.73. The minimum Gasteiger partial charge on any atom is -0.307 e. The summed E-state index contributed by atoms with van der Waals surface area (Å²) in [6.07, 6.45) is 1.72. The molecule has 1 amide bonds. The molecule has 108 valence electrons. The lowest BCUT2D eigenvalue weighted by Gasteiger charge is -2.10. The Morgan fingerprint density at radius 3 is 2.36 bits per heavy atom. The Morgan fingerprint density at radius 2 is 1.64 bits per heavy atom. The zero-order chi connectivity index (χ0) is 15.4. The van der Waals surface area contributed by atoms with Crippen molar-refractivity contribution in [3.63, 3.8) is 0 Å². The molecule has 0 unspecified atom stereocenters. The summed E-state index contributed by atoms with van der Waals surface area (Å²) in [6, 6.07) is 21.2. The monoisotopic (exact) mass is 400 g/mol. The first-order valence-corrected chi connectivity index (χ1v) is 7.89. The van der Waals surface area contributed by atoms with E-state index in [0.29, 0.717) is 11.4 Å². The Labute approximate surface area is 142 Å². The van der Waals surface area contributed by atoms with Crippen LogP contribution in [0.5, 0.6) is 0 Å². The van der Waals surface area contributed by atoms with Gasteiger partial charge in [-0.15, -0.1) is 0 Å². The van der Waals surface area contributed by atoms with Gasteiger partial charge < -0.3 is 5.32 Å². The number of hydrogen-bond acceptors (Lipinski definition) is 2. The molecule has 1 heterocycles. The van der Waals surface area contributed by atoms with Crippen molar-refractivity contribution >= 4 is 34.3 Å². The van der Waals surface area contributed by atoms with Crippen molar-refractivity contribution in [2.75, 3.05) is 5.32 Å². The number of pyridine rings is 1. The highest BCUT2D eigenvalue weighted by atomic mass is 127. The quantitative estimate of drug-likeness (QED) is 0.653. The number of hydrogen-bond donors (Lipinski definition) is 1. The molecular weight excluding hydrogens is 387 g/mol. The van der Waals surface area contributed by atoms with Crippen molar-refractivity contribution in [1.29, 1.82) is 0 Å². The van der Waals surface area contributed by atoms with E-state index in [-0.39, 0.29) is 5.91 Å². The molecule has 3 nitrogen and oxygen atoms in total. The minimum atomic E-state index is -0.159. The molecule has 0 saturated carbocycles. The van der Waals surface area contributed by atoms with E-state index in [2.05, 4.69) is 32.9 Å². The highest BCUT2D eigenvalue weighted by Crippen LogP contribution is 2.24. The second kappa shape index (κ2) is 6.70. The molecule has 0 spiro atoms. The van der Waals surface area contributed by atoms with Crippen molar-refractivity contribution in [1.82, 2.24) is 4.98 Å². The van der Waals surface area contributed by atoms with Gasteiger partial charge in [-0.2, -0.15) is 0 Å². The highest BCUT2D eigenvalue weighted by molar-refractivity contribution is 14.1. The smallest absolute Gasteiger partial charge is 0.257 e. The normalized spacial score (nSPS) is 10.2. The zero-order valence-corrected chi connectivity index (χ0v) is 13.8. The summed E-state index contributed by atoms with van der Waals surface area (Å²) in [4.78, 5) is 16.7. The van der Waals surface area contributed by atoms with E-state index in [1.807, 2.05) is 60.7 Å². The lowest BCUT2D eigenvalue weighted by molar-refractivity contribution is 0.102. The van der Waals surface area contributed by atoms with Gasteiger partial charge in [0.1, 0.15) is 5.82 Å². The van der Waals surface area contributed by atoms with Gasteiger partial charge in [-0.1, -0.05) is 48.5 Å². The number of carbonyl (C=O) groups excluding carboxylic acids is 1. The first kappa shape index (κ1) is 14.7. The molecule has 0 bridgehead atoms. The maximum Gasteiger partial charge on any atom is 0.257 e. The SMILES string of the molecule is O=C(Nc1ccc(I)cn1)c1ccccc1-c1ccccc1. The van der Waals surface area contributed by atoms with E-state index in [1.165, 1.54) is 0 Å². The summed E-state index contributed by atoms with van der Waals surface area (Å²) in [5.74, 6) is 0.390. The van der Waals surface area contributed by atoms with Crippen LogP contribution in [-0.4, -0.2) is 10.9 Å². The summed E-state index contributed by atoms with van der Waals surface area (Å²) in [6.45, 7) is 0. The third kappa shape index (κ3) is 3.33. The molecular formula is C18H13IN2O. The Bertz CT molecular complexity index is 786. The summed E-state index contributed by atoms with van der Waals surface area (Å²) < 4.78 is 1.03. The number of amides is 1. The van der Waals surface area contributed by atoms with Crippen molar-refractivity contribution < 1.29 is 4.79 Å². The van der Waals surface area contributed by atoms with Gasteiger partial charge in [-0.05, 0) is 51.9 Å². The van der Waals surface area contributed by atoms with Gasteiger partial charge in [0.2, 0.25) is 0 Å². The van der Waals surface area contributed by atoms with Gasteiger partial charge in [0.25, 0.3) is 5.91 Å². The van der Waals surface area contributed by atoms with Crippen molar-refractivity contribution in [3.05, 3.63) is 82.1 Å². The van der Waals surface area contributed by atoms with E-state index < -0.39 is 0 Å². The maximum absolute atomic E-state index is 12.5. The number of nitrogens with zero attached hydrogens (tertiary/aromatic N) is 1. The Hall–Kier alpha value is -2.21. The number of aromatic nitrogens is 1. The average Bonchev–Trinajstić information content (AvgIpc) is 2.58. The average molecular weight is 400 g/mol. The Morgan fingerprint density at radius 1 is 0.909 bits per heavy atom. The molecule has 0 aliphatic rings. The van der Waals surface area contributed by atoms with Crippen LogP contribution in [0.1, 0.15) is 10.4 Å². The fourth-order valence-corrected chi connectivity index (χ4v) is 2.50. The number of benzene rings is 2. The molecule has 22 heavy (non-hydrogen) atoms. The summed E-state index contributed by atoms with van der Waals surface area (Å²) >= 11 is 2.18. The topological polar surface area (TPSA) is 42.0 Å². The number of rotatable bonds is 3. The van der Waals surface area contributed by atoms with E-state index in [4.69, 9.17) is 0 Å². The summed E-state index contributed by atoms with van der Waals surface area (Å²) in [7, 11) is 0. The van der Waals surface area contributed by atoms with E-state index in [9.17, 15) is 4.79 Å². The second-order valence-corrected chi connectivity index (χ2v) is 5.97. The van der Waals surface area contributed by atoms with Gasteiger partial charge in [0, 0.05) is 15.3 Å². The van der Waals surface area contributed by atoms with Crippen LogP contribution < -0.4 is 5.32 Å². The third-order valence-corrected chi connectivity index (χ3v) is 3.86. The molecule has 3 aromatic rings. The Balaban J connectivity index is 1.91. The van der Waals surface area contributed by atoms with Crippen LogP contribution in [0.15, 0.2) is 72.9 Å². The summed E-state index contributed by atoms with van der Waals surface area (Å²) in [5, 5.41) is 2.84. The largest absolute Gasteiger partial charge is 0.307 e. The van der Waals surface area contributed by atoms with E-state index in [0.717, 1.165) is 14.7 Å². The molecule has 0 radical (unpaired) electrons. The predicted molar refractivity (Wildman–Crippen MR) is 96.8 cm³/mol. The van der Waals surface area contributed by atoms with Crippen molar-refractivity contribution in [2.24, 2.45) is 0 Å². The van der Waals surface area contributed by atoms with E-state index in [1.54, 1.807) is 12.3 Å². The predicted octanol–water partition coefficient (Wildman–Crippen LogP) is 4.61. The number of halogens is 1. The fourth-order valence-electron chi connectivity index (χ4n) is 2.18. The summed E-state index contributed by atoms with van der Waals surface area (Å²) in [5.41, 5.74) is 2.56. The Kier molecular flexibility index (Phi) is 4.48. The molecule has 1 aromatic heterocycles. The van der Waals surface area contributed by atoms with Gasteiger partial charge >= 0.3 is 0 Å². The molecule has 0 atom stereocenters. The fraction of sp³-hybridized carbons (Fsp3) is 0. The van der Waals surface area contributed by atoms with Gasteiger partial charge in [-0.25, -0.2) is 4.98 Å². The minimum absolute atomic E-state index is 0.159. The molecule has 3 rings (SSSR count). The lowest BCUT2D eigenvalue weighted by Crippen LogP contribution is -2.14. The standard InChI is InChI=1S/C18H13IN2O/c19-14-10-11-17(20-12-14)21-18(22)16-9-5-4-8-15(16)13-6-2-1-3-7-13/h1-12H,(H,20,21,22). The van der Waals surface area contributed by atoms with Crippen LogP contribution in [0.3, 0.4) is 0 Å². The van der Waals surface area contributed by atoms with Crippen LogP contribution in [-0.2, 0) is 0 Å². The van der Waals surface area contributed by atoms with Crippen molar-refractivity contribution in [3.8, 4) is 11.1 Å². The zero-order valence-electron chi connectivity index (χ0n) is 11.7. The molecule has 1 N–H and O–H groups in total. The van der Waals surface area contributed by atoms with Gasteiger partial charge in [0.15, 0.2) is 0 Å². The molecule has 0 aliphatic heterocycles. The van der Waals surface area contributed by atoms with Crippen LogP contribution in [0.25, 0.3) is 11.1 Å². The van der Waals surface area contributed by atoms with Crippen LogP contribution >= 0.6 is 22.6 Å². The lowest BCUT2D eigenvalue weighted by atomic mass is 9.99. The number of nitrogens with one attached hydrogen (secondary N) is 1. The van der Waals surface area contributed by atoms with E-state index >= 15 is 0 Å². The van der Waals surface area contributed by atoms with Crippen molar-refractivity contribution in [2.45, 2.75) is 0 Å². The first-order valence-electron chi connectivity index (χ1n) is 6.81. The number of anilines is 1. The van der Waals surface area contributed by atoms with Gasteiger partial charge in [-0.3, -0.25) is 4.79 Å². The molecule has 2 aromatic carbocycles. The molecule has 4 heteroatoms. The van der Waals surface area contributed by atoms with Crippen LogP contribution in [0.2, 0.25) is 0 Å². The highest BCUT2D eigenvalue weighted by Gasteiger charge is 2.12. The van der Waals surface area contributed by atoms with Gasteiger partial charge in [0.05, 0.1) is 0 Å². The number of carbonyl (C=O) groups is 1. The van der Waals surface area contributed by atoms with Crippen LogP contribution in [0, 0.1) is 3.57 Å². The molecule has 0 aliphatic carbocycles. The van der Waals surface area contributed by atoms with Crippen LogP contribution in [0.4, 0.5) is 5.82 Å². The maximum atomic E-state index is 12.5. The molecule has 0 saturated heterocycles. The third-order valence-electron chi connectivity index (χ3n) is 3.23.